The Labute approximate surface area is 165 Å². The van der Waals surface area contributed by atoms with Crippen LogP contribution in [0.5, 0.6) is 0 Å². The minimum absolute atomic E-state index is 0.130. The molecular formula is C18H15N7O3S. The van der Waals surface area contributed by atoms with E-state index in [1.807, 2.05) is 0 Å². The zero-order chi connectivity index (χ0) is 20.6. The minimum Gasteiger partial charge on any atom is -0.267 e. The van der Waals surface area contributed by atoms with E-state index in [-0.39, 0.29) is 28.3 Å². The van der Waals surface area contributed by atoms with Gasteiger partial charge in [0.2, 0.25) is 15.0 Å². The van der Waals surface area contributed by atoms with E-state index in [1.165, 1.54) is 15.6 Å². The van der Waals surface area contributed by atoms with Crippen LogP contribution in [0.25, 0.3) is 28.4 Å². The Kier molecular flexibility index (Phi) is 4.51. The van der Waals surface area contributed by atoms with Crippen molar-refractivity contribution in [2.24, 2.45) is 0 Å². The van der Waals surface area contributed by atoms with E-state index in [2.05, 4.69) is 31.5 Å². The predicted octanol–water partition coefficient (Wildman–Crippen LogP) is 1.02. The second-order valence-corrected chi connectivity index (χ2v) is 8.01. The Hall–Kier alpha value is -3.73. The van der Waals surface area contributed by atoms with Crippen molar-refractivity contribution < 1.29 is 8.42 Å². The van der Waals surface area contributed by atoms with Gasteiger partial charge in [0.1, 0.15) is 11.1 Å². The SMILES string of the molecule is C=CCn1c(=O)c2cnc(S(C)(=O)=O)nc2n1-c1cccc(-c2ncccn2)n1. The van der Waals surface area contributed by atoms with Gasteiger partial charge < -0.3 is 0 Å². The molecule has 0 aliphatic carbocycles. The van der Waals surface area contributed by atoms with Crippen LogP contribution in [0.2, 0.25) is 0 Å². The highest BCUT2D eigenvalue weighted by molar-refractivity contribution is 7.90. The monoisotopic (exact) mass is 409 g/mol. The van der Waals surface area contributed by atoms with Crippen molar-refractivity contribution >= 4 is 20.9 Å². The second kappa shape index (κ2) is 7.02. The summed E-state index contributed by atoms with van der Waals surface area (Å²) >= 11 is 0. The standard InChI is InChI=1S/C18H15N7O3S/c1-3-10-24-17(26)12-11-21-18(29(2,27)28)23-16(12)25(24)14-7-4-6-13(22-14)15-19-8-5-9-20-15/h3-9,11H,1,10H2,2H3. The molecule has 0 fully saturated rings. The van der Waals surface area contributed by atoms with Gasteiger partial charge >= 0.3 is 0 Å². The van der Waals surface area contributed by atoms with Crippen molar-refractivity contribution in [1.82, 2.24) is 34.3 Å². The van der Waals surface area contributed by atoms with Gasteiger partial charge in [-0.25, -0.2) is 37.7 Å². The van der Waals surface area contributed by atoms with E-state index in [0.717, 1.165) is 6.26 Å². The quantitative estimate of drug-likeness (QED) is 0.353. The molecule has 0 amide bonds. The highest BCUT2D eigenvalue weighted by atomic mass is 32.2. The molecule has 0 unspecified atom stereocenters. The zero-order valence-corrected chi connectivity index (χ0v) is 16.1. The first-order valence-corrected chi connectivity index (χ1v) is 10.3. The van der Waals surface area contributed by atoms with Gasteiger partial charge in [0, 0.05) is 24.8 Å². The average molecular weight is 409 g/mol. The molecule has 4 rings (SSSR count). The summed E-state index contributed by atoms with van der Waals surface area (Å²) in [5.41, 5.74) is 0.231. The molecule has 0 aliphatic heterocycles. The third-order valence-electron chi connectivity index (χ3n) is 4.03. The maximum absolute atomic E-state index is 12.8. The van der Waals surface area contributed by atoms with Crippen LogP contribution in [0.3, 0.4) is 0 Å². The van der Waals surface area contributed by atoms with Crippen LogP contribution in [0, 0.1) is 0 Å². The first kappa shape index (κ1) is 18.6. The highest BCUT2D eigenvalue weighted by Gasteiger charge is 2.21. The van der Waals surface area contributed by atoms with Crippen molar-refractivity contribution in [1.29, 1.82) is 0 Å². The van der Waals surface area contributed by atoms with Gasteiger partial charge in [-0.05, 0) is 18.2 Å². The molecule has 0 aliphatic rings. The number of hydrogen-bond acceptors (Lipinski definition) is 8. The van der Waals surface area contributed by atoms with Gasteiger partial charge in [0.25, 0.3) is 5.56 Å². The molecule has 0 aromatic carbocycles. The number of allylic oxidation sites excluding steroid dienone is 1. The number of rotatable bonds is 5. The van der Waals surface area contributed by atoms with Crippen LogP contribution in [0.1, 0.15) is 0 Å². The van der Waals surface area contributed by atoms with Crippen molar-refractivity contribution in [3.8, 4) is 17.3 Å². The summed E-state index contributed by atoms with van der Waals surface area (Å²) in [6, 6.07) is 6.84. The molecule has 0 saturated carbocycles. The maximum atomic E-state index is 12.8. The summed E-state index contributed by atoms with van der Waals surface area (Å²) in [6.07, 6.45) is 6.96. The van der Waals surface area contributed by atoms with Crippen molar-refractivity contribution in [2.45, 2.75) is 11.7 Å². The van der Waals surface area contributed by atoms with E-state index in [1.54, 1.807) is 42.7 Å². The summed E-state index contributed by atoms with van der Waals surface area (Å²) in [5, 5.41) is -0.209. The number of hydrogen-bond donors (Lipinski definition) is 0. The Morgan fingerprint density at radius 2 is 1.86 bits per heavy atom. The normalized spacial score (nSPS) is 11.6. The molecule has 11 heteroatoms. The summed E-state index contributed by atoms with van der Waals surface area (Å²) < 4.78 is 26.6. The largest absolute Gasteiger partial charge is 0.278 e. The lowest BCUT2D eigenvalue weighted by molar-refractivity contribution is 0.587. The highest BCUT2D eigenvalue weighted by Crippen LogP contribution is 2.18. The lowest BCUT2D eigenvalue weighted by Gasteiger charge is -2.11. The lowest BCUT2D eigenvalue weighted by atomic mass is 10.3. The van der Waals surface area contributed by atoms with Gasteiger partial charge in [0.05, 0.1) is 6.54 Å². The molecule has 4 heterocycles. The Balaban J connectivity index is 2.03. The van der Waals surface area contributed by atoms with E-state index >= 15 is 0 Å². The van der Waals surface area contributed by atoms with E-state index in [4.69, 9.17) is 0 Å². The summed E-state index contributed by atoms with van der Waals surface area (Å²) in [6.45, 7) is 3.84. The molecular weight excluding hydrogens is 394 g/mol. The van der Waals surface area contributed by atoms with Crippen LogP contribution in [0.15, 0.2) is 65.5 Å². The number of nitrogens with zero attached hydrogens (tertiary/aromatic N) is 7. The molecule has 0 N–H and O–H groups in total. The third-order valence-corrected chi connectivity index (χ3v) is 4.89. The maximum Gasteiger partial charge on any atom is 0.278 e. The van der Waals surface area contributed by atoms with Crippen molar-refractivity contribution in [3.05, 3.63) is 65.9 Å². The van der Waals surface area contributed by atoms with E-state index in [0.29, 0.717) is 17.3 Å². The molecule has 10 nitrogen and oxygen atoms in total. The minimum atomic E-state index is -3.67. The van der Waals surface area contributed by atoms with Gasteiger partial charge in [-0.15, -0.1) is 6.58 Å². The van der Waals surface area contributed by atoms with E-state index in [9.17, 15) is 13.2 Å². The molecule has 0 radical (unpaired) electrons. The van der Waals surface area contributed by atoms with Crippen LogP contribution >= 0.6 is 0 Å². The van der Waals surface area contributed by atoms with Gasteiger partial charge in [0.15, 0.2) is 17.3 Å². The molecule has 4 aromatic heterocycles. The van der Waals surface area contributed by atoms with Crippen LogP contribution in [0.4, 0.5) is 0 Å². The Bertz CT molecular complexity index is 1390. The second-order valence-electron chi connectivity index (χ2n) is 6.10. The smallest absolute Gasteiger partial charge is 0.267 e. The first-order valence-electron chi connectivity index (χ1n) is 8.44. The van der Waals surface area contributed by atoms with Crippen molar-refractivity contribution in [2.75, 3.05) is 6.26 Å². The fraction of sp³-hybridized carbons (Fsp3) is 0.111. The zero-order valence-electron chi connectivity index (χ0n) is 15.3. The van der Waals surface area contributed by atoms with Gasteiger partial charge in [-0.1, -0.05) is 12.1 Å². The molecule has 0 atom stereocenters. The van der Waals surface area contributed by atoms with Crippen molar-refractivity contribution in [3.63, 3.8) is 0 Å². The third kappa shape index (κ3) is 3.31. The molecule has 0 bridgehead atoms. The Morgan fingerprint density at radius 3 is 2.55 bits per heavy atom. The topological polar surface area (TPSA) is 126 Å². The van der Waals surface area contributed by atoms with Crippen LogP contribution in [-0.4, -0.2) is 49.0 Å². The van der Waals surface area contributed by atoms with Gasteiger partial charge in [-0.3, -0.25) is 4.79 Å². The summed E-state index contributed by atoms with van der Waals surface area (Å²) in [7, 11) is -3.67. The fourth-order valence-electron chi connectivity index (χ4n) is 2.81. The predicted molar refractivity (Wildman–Crippen MR) is 105 cm³/mol. The molecule has 0 saturated heterocycles. The molecule has 29 heavy (non-hydrogen) atoms. The molecule has 4 aromatic rings. The van der Waals surface area contributed by atoms with Crippen LogP contribution < -0.4 is 5.56 Å². The number of aromatic nitrogens is 7. The molecule has 0 spiro atoms. The summed E-state index contributed by atoms with van der Waals surface area (Å²) in [4.78, 5) is 33.7. The lowest BCUT2D eigenvalue weighted by Crippen LogP contribution is -2.22. The Morgan fingerprint density at radius 1 is 1.10 bits per heavy atom. The number of pyridine rings is 1. The first-order chi connectivity index (χ1) is 13.9. The average Bonchev–Trinajstić information content (AvgIpc) is 3.00. The number of sulfone groups is 1. The van der Waals surface area contributed by atoms with Crippen LogP contribution in [-0.2, 0) is 16.4 Å². The summed E-state index contributed by atoms with van der Waals surface area (Å²) in [5.74, 6) is 0.761. The van der Waals surface area contributed by atoms with Gasteiger partial charge in [-0.2, -0.15) is 4.98 Å². The fourth-order valence-corrected chi connectivity index (χ4v) is 3.30. The van der Waals surface area contributed by atoms with E-state index < -0.39 is 9.84 Å². The molecule has 146 valence electrons. The number of fused-ring (bicyclic) bond motifs is 1.